The van der Waals surface area contributed by atoms with Gasteiger partial charge in [-0.2, -0.15) is 5.26 Å². The van der Waals surface area contributed by atoms with E-state index in [0.717, 1.165) is 30.4 Å². The highest BCUT2D eigenvalue weighted by Gasteiger charge is 2.18. The SMILES string of the molecule is C=C(COCc1ccccc1)CC1CCCC=C1C#N. The molecule has 0 heterocycles. The minimum absolute atomic E-state index is 0.349. The van der Waals surface area contributed by atoms with Crippen molar-refractivity contribution in [3.8, 4) is 6.07 Å². The van der Waals surface area contributed by atoms with Gasteiger partial charge in [-0.05, 0) is 37.2 Å². The summed E-state index contributed by atoms with van der Waals surface area (Å²) in [5.41, 5.74) is 3.19. The van der Waals surface area contributed by atoms with E-state index >= 15 is 0 Å². The fourth-order valence-corrected chi connectivity index (χ4v) is 2.59. The van der Waals surface area contributed by atoms with Crippen LogP contribution in [0.3, 0.4) is 0 Å². The number of hydrogen-bond acceptors (Lipinski definition) is 2. The van der Waals surface area contributed by atoms with Crippen molar-refractivity contribution in [3.63, 3.8) is 0 Å². The highest BCUT2D eigenvalue weighted by molar-refractivity contribution is 5.27. The Balaban J connectivity index is 1.74. The molecule has 1 aromatic rings. The van der Waals surface area contributed by atoms with Crippen LogP contribution in [0.25, 0.3) is 0 Å². The molecule has 0 radical (unpaired) electrons. The standard InChI is InChI=1S/C18H21NO/c1-15(11-17-9-5-6-10-18(17)12-19)13-20-14-16-7-3-2-4-8-16/h2-4,7-8,10,17H,1,5-6,9,11,13-14H2. The van der Waals surface area contributed by atoms with Crippen LogP contribution in [-0.2, 0) is 11.3 Å². The number of rotatable bonds is 6. The van der Waals surface area contributed by atoms with Gasteiger partial charge in [-0.15, -0.1) is 0 Å². The summed E-state index contributed by atoms with van der Waals surface area (Å²) in [5.74, 6) is 0.349. The van der Waals surface area contributed by atoms with Gasteiger partial charge in [-0.1, -0.05) is 48.6 Å². The minimum atomic E-state index is 0.349. The van der Waals surface area contributed by atoms with E-state index in [1.165, 1.54) is 12.0 Å². The van der Waals surface area contributed by atoms with Gasteiger partial charge in [-0.25, -0.2) is 0 Å². The Morgan fingerprint density at radius 2 is 2.15 bits per heavy atom. The monoisotopic (exact) mass is 267 g/mol. The van der Waals surface area contributed by atoms with E-state index in [1.54, 1.807) is 0 Å². The molecule has 0 aliphatic heterocycles. The summed E-state index contributed by atoms with van der Waals surface area (Å²) in [4.78, 5) is 0. The topological polar surface area (TPSA) is 33.0 Å². The number of benzene rings is 1. The second kappa shape index (κ2) is 7.67. The van der Waals surface area contributed by atoms with E-state index in [1.807, 2.05) is 18.2 Å². The van der Waals surface area contributed by atoms with Crippen LogP contribution in [0, 0.1) is 17.2 Å². The van der Waals surface area contributed by atoms with Gasteiger partial charge in [0.05, 0.1) is 19.3 Å². The lowest BCUT2D eigenvalue weighted by Crippen LogP contribution is -2.10. The molecule has 1 unspecified atom stereocenters. The molecular formula is C18H21NO. The number of ether oxygens (including phenoxy) is 1. The summed E-state index contributed by atoms with van der Waals surface area (Å²) in [7, 11) is 0. The van der Waals surface area contributed by atoms with Crippen molar-refractivity contribution >= 4 is 0 Å². The maximum absolute atomic E-state index is 9.12. The summed E-state index contributed by atoms with van der Waals surface area (Å²) < 4.78 is 5.69. The first-order chi connectivity index (χ1) is 9.79. The van der Waals surface area contributed by atoms with Crippen LogP contribution in [0.5, 0.6) is 0 Å². The van der Waals surface area contributed by atoms with Crippen LogP contribution in [0.1, 0.15) is 31.2 Å². The van der Waals surface area contributed by atoms with Crippen LogP contribution in [-0.4, -0.2) is 6.61 Å². The molecule has 1 atom stereocenters. The summed E-state index contributed by atoms with van der Waals surface area (Å²) in [5, 5.41) is 9.12. The van der Waals surface area contributed by atoms with Gasteiger partial charge in [0.25, 0.3) is 0 Å². The predicted molar refractivity (Wildman–Crippen MR) is 80.9 cm³/mol. The molecule has 0 saturated carbocycles. The summed E-state index contributed by atoms with van der Waals surface area (Å²) >= 11 is 0. The van der Waals surface area contributed by atoms with E-state index in [0.29, 0.717) is 19.1 Å². The Morgan fingerprint density at radius 1 is 1.35 bits per heavy atom. The Kier molecular flexibility index (Phi) is 5.58. The Labute approximate surface area is 121 Å². The van der Waals surface area contributed by atoms with E-state index in [-0.39, 0.29) is 0 Å². The molecule has 1 aliphatic rings. The van der Waals surface area contributed by atoms with Crippen LogP contribution >= 0.6 is 0 Å². The first-order valence-electron chi connectivity index (χ1n) is 7.18. The van der Waals surface area contributed by atoms with Gasteiger partial charge in [-0.3, -0.25) is 0 Å². The molecule has 0 saturated heterocycles. The highest BCUT2D eigenvalue weighted by Crippen LogP contribution is 2.29. The van der Waals surface area contributed by atoms with Crippen LogP contribution in [0.15, 0.2) is 54.1 Å². The normalized spacial score (nSPS) is 18.1. The largest absolute Gasteiger partial charge is 0.372 e. The second-order valence-corrected chi connectivity index (χ2v) is 5.33. The number of nitrogens with zero attached hydrogens (tertiary/aromatic N) is 1. The molecule has 2 rings (SSSR count). The summed E-state index contributed by atoms with van der Waals surface area (Å²) in [6.45, 7) is 5.28. The molecule has 0 fully saturated rings. The maximum atomic E-state index is 9.12. The zero-order chi connectivity index (χ0) is 14.2. The van der Waals surface area contributed by atoms with Gasteiger partial charge in [0.2, 0.25) is 0 Å². The molecule has 0 spiro atoms. The number of nitriles is 1. The molecule has 0 bridgehead atoms. The van der Waals surface area contributed by atoms with Crippen molar-refractivity contribution in [2.75, 3.05) is 6.61 Å². The van der Waals surface area contributed by atoms with Crippen LogP contribution < -0.4 is 0 Å². The lowest BCUT2D eigenvalue weighted by molar-refractivity contribution is 0.139. The highest BCUT2D eigenvalue weighted by atomic mass is 16.5. The maximum Gasteiger partial charge on any atom is 0.0946 e. The van der Waals surface area contributed by atoms with Gasteiger partial charge in [0, 0.05) is 5.57 Å². The molecule has 104 valence electrons. The molecule has 1 aliphatic carbocycles. The molecule has 0 amide bonds. The Bertz CT molecular complexity index is 510. The second-order valence-electron chi connectivity index (χ2n) is 5.33. The molecular weight excluding hydrogens is 246 g/mol. The third kappa shape index (κ3) is 4.36. The van der Waals surface area contributed by atoms with Gasteiger partial charge < -0.3 is 4.74 Å². The first kappa shape index (κ1) is 14.6. The average molecular weight is 267 g/mol. The lowest BCUT2D eigenvalue weighted by Gasteiger charge is -2.20. The predicted octanol–water partition coefficient (Wildman–Crippen LogP) is 4.40. The first-order valence-corrected chi connectivity index (χ1v) is 7.18. The molecule has 0 N–H and O–H groups in total. The quantitative estimate of drug-likeness (QED) is 0.716. The third-order valence-electron chi connectivity index (χ3n) is 3.64. The average Bonchev–Trinajstić information content (AvgIpc) is 2.49. The van der Waals surface area contributed by atoms with Gasteiger partial charge >= 0.3 is 0 Å². The molecule has 0 aromatic heterocycles. The fourth-order valence-electron chi connectivity index (χ4n) is 2.59. The molecule has 20 heavy (non-hydrogen) atoms. The smallest absolute Gasteiger partial charge is 0.0946 e. The number of allylic oxidation sites excluding steroid dienone is 2. The van der Waals surface area contributed by atoms with Gasteiger partial charge in [0.15, 0.2) is 0 Å². The fraction of sp³-hybridized carbons (Fsp3) is 0.389. The minimum Gasteiger partial charge on any atom is -0.372 e. The van der Waals surface area contributed by atoms with Crippen molar-refractivity contribution in [2.45, 2.75) is 32.3 Å². The van der Waals surface area contributed by atoms with Crippen molar-refractivity contribution in [2.24, 2.45) is 5.92 Å². The lowest BCUT2D eigenvalue weighted by atomic mass is 9.84. The summed E-state index contributed by atoms with van der Waals surface area (Å²) in [6.07, 6.45) is 6.25. The molecule has 2 nitrogen and oxygen atoms in total. The summed E-state index contributed by atoms with van der Waals surface area (Å²) in [6, 6.07) is 12.5. The zero-order valence-corrected chi connectivity index (χ0v) is 11.8. The Hall–Kier alpha value is -1.85. The van der Waals surface area contributed by atoms with Crippen molar-refractivity contribution < 1.29 is 4.74 Å². The Morgan fingerprint density at radius 3 is 2.90 bits per heavy atom. The van der Waals surface area contributed by atoms with E-state index in [9.17, 15) is 0 Å². The van der Waals surface area contributed by atoms with Crippen molar-refractivity contribution in [1.82, 2.24) is 0 Å². The van der Waals surface area contributed by atoms with E-state index in [2.05, 4.69) is 30.9 Å². The van der Waals surface area contributed by atoms with Crippen molar-refractivity contribution in [3.05, 3.63) is 59.7 Å². The van der Waals surface area contributed by atoms with Gasteiger partial charge in [0.1, 0.15) is 0 Å². The van der Waals surface area contributed by atoms with Crippen molar-refractivity contribution in [1.29, 1.82) is 5.26 Å². The van der Waals surface area contributed by atoms with E-state index < -0.39 is 0 Å². The van der Waals surface area contributed by atoms with Crippen LogP contribution in [0.2, 0.25) is 0 Å². The molecule has 1 aromatic carbocycles. The molecule has 2 heteroatoms. The number of hydrogen-bond donors (Lipinski definition) is 0. The third-order valence-corrected chi connectivity index (χ3v) is 3.64. The zero-order valence-electron chi connectivity index (χ0n) is 11.8. The van der Waals surface area contributed by atoms with Crippen LogP contribution in [0.4, 0.5) is 0 Å². The van der Waals surface area contributed by atoms with E-state index in [4.69, 9.17) is 10.00 Å².